The number of nitrogens with zero attached hydrogens (tertiary/aromatic N) is 4. The summed E-state index contributed by atoms with van der Waals surface area (Å²) in [6, 6.07) is 9.81. The Bertz CT molecular complexity index is 893. The first-order chi connectivity index (χ1) is 14.6. The van der Waals surface area contributed by atoms with Gasteiger partial charge in [-0.1, -0.05) is 31.0 Å². The Morgan fingerprint density at radius 1 is 1.13 bits per heavy atom. The van der Waals surface area contributed by atoms with Crippen LogP contribution in [0.2, 0.25) is 0 Å². The van der Waals surface area contributed by atoms with Crippen molar-refractivity contribution in [3.63, 3.8) is 0 Å². The highest BCUT2D eigenvalue weighted by molar-refractivity contribution is 5.74. The maximum Gasteiger partial charge on any atom is 0.345 e. The number of likely N-dealkylation sites (tertiary alicyclic amines) is 1. The van der Waals surface area contributed by atoms with Crippen LogP contribution in [0.25, 0.3) is 0 Å². The Balaban J connectivity index is 1.27. The molecule has 4 rings (SSSR count). The molecule has 2 amide bonds. The van der Waals surface area contributed by atoms with Crippen molar-refractivity contribution in [2.24, 2.45) is 7.05 Å². The van der Waals surface area contributed by atoms with Gasteiger partial charge in [0.25, 0.3) is 0 Å². The van der Waals surface area contributed by atoms with E-state index in [9.17, 15) is 9.59 Å². The summed E-state index contributed by atoms with van der Waals surface area (Å²) in [6.45, 7) is 2.25. The average Bonchev–Trinajstić information content (AvgIpc) is 3.40. The molecule has 2 aliphatic rings. The minimum atomic E-state index is -0.0562. The number of ether oxygens (including phenoxy) is 1. The number of hydrogen-bond donors (Lipinski definition) is 1. The number of carbonyl (C=O) groups is 1. The second-order valence-electron chi connectivity index (χ2n) is 8.23. The summed E-state index contributed by atoms with van der Waals surface area (Å²) >= 11 is 0. The molecule has 8 heteroatoms. The van der Waals surface area contributed by atoms with Crippen LogP contribution >= 0.6 is 0 Å². The molecule has 8 nitrogen and oxygen atoms in total. The van der Waals surface area contributed by atoms with Gasteiger partial charge in [-0.3, -0.25) is 4.57 Å². The lowest BCUT2D eigenvalue weighted by Gasteiger charge is -2.32. The van der Waals surface area contributed by atoms with Gasteiger partial charge in [-0.2, -0.15) is 5.10 Å². The predicted octanol–water partition coefficient (Wildman–Crippen LogP) is 2.66. The number of amides is 2. The van der Waals surface area contributed by atoms with E-state index in [1.807, 2.05) is 39.8 Å². The molecule has 0 radical (unpaired) electrons. The Morgan fingerprint density at radius 2 is 1.83 bits per heavy atom. The number of para-hydroxylation sites is 1. The number of aromatic nitrogens is 3. The topological polar surface area (TPSA) is 81.4 Å². The zero-order valence-electron chi connectivity index (χ0n) is 17.6. The van der Waals surface area contributed by atoms with Gasteiger partial charge in [-0.25, -0.2) is 14.3 Å². The van der Waals surface area contributed by atoms with E-state index in [1.165, 1.54) is 17.5 Å². The number of rotatable bonds is 6. The van der Waals surface area contributed by atoms with Crippen LogP contribution in [-0.4, -0.2) is 51.5 Å². The van der Waals surface area contributed by atoms with E-state index in [4.69, 9.17) is 4.74 Å². The van der Waals surface area contributed by atoms with Crippen LogP contribution < -0.4 is 15.7 Å². The first-order valence-corrected chi connectivity index (χ1v) is 11.0. The van der Waals surface area contributed by atoms with Gasteiger partial charge in [0.2, 0.25) is 0 Å². The Labute approximate surface area is 176 Å². The van der Waals surface area contributed by atoms with E-state index in [0.717, 1.165) is 37.3 Å². The van der Waals surface area contributed by atoms with Crippen molar-refractivity contribution in [2.75, 3.05) is 26.2 Å². The number of urea groups is 1. The van der Waals surface area contributed by atoms with Gasteiger partial charge in [-0.05, 0) is 37.8 Å². The van der Waals surface area contributed by atoms with Crippen LogP contribution in [-0.2, 0) is 7.05 Å². The number of hydrogen-bond acceptors (Lipinski definition) is 4. The molecular formula is C22H31N5O3. The molecule has 0 spiro atoms. The van der Waals surface area contributed by atoms with Gasteiger partial charge in [0.1, 0.15) is 18.2 Å². The number of benzene rings is 1. The van der Waals surface area contributed by atoms with E-state index < -0.39 is 0 Å². The number of aryl methyl sites for hydroxylation is 1. The van der Waals surface area contributed by atoms with Gasteiger partial charge in [-0.15, -0.1) is 0 Å². The van der Waals surface area contributed by atoms with E-state index in [-0.39, 0.29) is 23.7 Å². The van der Waals surface area contributed by atoms with Crippen molar-refractivity contribution in [1.82, 2.24) is 24.6 Å². The molecule has 1 aliphatic heterocycles. The molecule has 0 atom stereocenters. The summed E-state index contributed by atoms with van der Waals surface area (Å²) < 4.78 is 9.03. The zero-order chi connectivity index (χ0) is 20.9. The van der Waals surface area contributed by atoms with Gasteiger partial charge < -0.3 is 15.0 Å². The van der Waals surface area contributed by atoms with Crippen LogP contribution in [0.5, 0.6) is 5.75 Å². The van der Waals surface area contributed by atoms with Crippen LogP contribution in [0, 0.1) is 0 Å². The molecule has 0 unspecified atom stereocenters. The fraction of sp³-hybridized carbons (Fsp3) is 0.591. The molecule has 1 N–H and O–H groups in total. The third-order valence-electron chi connectivity index (χ3n) is 6.21. The highest BCUT2D eigenvalue weighted by Gasteiger charge is 2.31. The van der Waals surface area contributed by atoms with Crippen molar-refractivity contribution < 1.29 is 9.53 Å². The van der Waals surface area contributed by atoms with Crippen molar-refractivity contribution in [1.29, 1.82) is 0 Å². The third kappa shape index (κ3) is 4.52. The Kier molecular flexibility index (Phi) is 6.40. The summed E-state index contributed by atoms with van der Waals surface area (Å²) in [7, 11) is 1.73. The lowest BCUT2D eigenvalue weighted by molar-refractivity contribution is 0.177. The Morgan fingerprint density at radius 3 is 2.53 bits per heavy atom. The summed E-state index contributed by atoms with van der Waals surface area (Å²) in [5.41, 5.74) is -0.00418. The predicted molar refractivity (Wildman–Crippen MR) is 114 cm³/mol. The minimum absolute atomic E-state index is 0.00418. The minimum Gasteiger partial charge on any atom is -0.492 e. The molecule has 1 saturated carbocycles. The summed E-state index contributed by atoms with van der Waals surface area (Å²) in [5, 5.41) is 7.50. The molecule has 2 heterocycles. The lowest BCUT2D eigenvalue weighted by atomic mass is 9.95. The average molecular weight is 414 g/mol. The highest BCUT2D eigenvalue weighted by atomic mass is 16.5. The molecule has 162 valence electrons. The van der Waals surface area contributed by atoms with Crippen molar-refractivity contribution in [2.45, 2.75) is 50.5 Å². The van der Waals surface area contributed by atoms with E-state index in [1.54, 1.807) is 7.05 Å². The molecule has 1 aliphatic carbocycles. The normalized spacial score (nSPS) is 18.0. The molecule has 2 fully saturated rings. The lowest BCUT2D eigenvalue weighted by Crippen LogP contribution is -2.45. The highest BCUT2D eigenvalue weighted by Crippen LogP contribution is 2.33. The second kappa shape index (κ2) is 9.36. The van der Waals surface area contributed by atoms with E-state index in [0.29, 0.717) is 26.2 Å². The maximum absolute atomic E-state index is 12.6. The van der Waals surface area contributed by atoms with Gasteiger partial charge in [0.15, 0.2) is 0 Å². The van der Waals surface area contributed by atoms with Crippen LogP contribution in [0.3, 0.4) is 0 Å². The van der Waals surface area contributed by atoms with Crippen molar-refractivity contribution in [3.8, 4) is 5.75 Å². The Hall–Kier alpha value is -2.77. The fourth-order valence-corrected chi connectivity index (χ4v) is 4.58. The SMILES string of the molecule is Cn1nc(C2CCN(C(=O)NCCOc3ccccc3)CC2)n(C2CCCC2)c1=O. The molecule has 0 bridgehead atoms. The fourth-order valence-electron chi connectivity index (χ4n) is 4.58. The number of nitrogens with one attached hydrogen (secondary N) is 1. The second-order valence-corrected chi connectivity index (χ2v) is 8.23. The zero-order valence-corrected chi connectivity index (χ0v) is 17.6. The summed E-state index contributed by atoms with van der Waals surface area (Å²) in [6.07, 6.45) is 6.14. The molecule has 2 aromatic rings. The molecule has 1 aromatic carbocycles. The van der Waals surface area contributed by atoms with Crippen molar-refractivity contribution in [3.05, 3.63) is 46.6 Å². The maximum atomic E-state index is 12.6. The van der Waals surface area contributed by atoms with Gasteiger partial charge in [0, 0.05) is 32.1 Å². The van der Waals surface area contributed by atoms with Crippen molar-refractivity contribution >= 4 is 6.03 Å². The largest absolute Gasteiger partial charge is 0.492 e. The smallest absolute Gasteiger partial charge is 0.345 e. The monoisotopic (exact) mass is 413 g/mol. The quantitative estimate of drug-likeness (QED) is 0.739. The molecular weight excluding hydrogens is 382 g/mol. The first-order valence-electron chi connectivity index (χ1n) is 11.0. The number of carbonyl (C=O) groups excluding carboxylic acids is 1. The van der Waals surface area contributed by atoms with Crippen LogP contribution in [0.1, 0.15) is 56.3 Å². The van der Waals surface area contributed by atoms with Gasteiger partial charge in [0.05, 0.1) is 6.54 Å². The molecule has 30 heavy (non-hydrogen) atoms. The van der Waals surface area contributed by atoms with E-state index >= 15 is 0 Å². The third-order valence-corrected chi connectivity index (χ3v) is 6.21. The van der Waals surface area contributed by atoms with Crippen LogP contribution in [0.15, 0.2) is 35.1 Å². The van der Waals surface area contributed by atoms with E-state index in [2.05, 4.69) is 10.4 Å². The number of piperidine rings is 1. The van der Waals surface area contributed by atoms with Crippen LogP contribution in [0.4, 0.5) is 4.79 Å². The summed E-state index contributed by atoms with van der Waals surface area (Å²) in [4.78, 5) is 26.9. The molecule has 1 aromatic heterocycles. The first kappa shape index (κ1) is 20.5. The van der Waals surface area contributed by atoms with Gasteiger partial charge >= 0.3 is 11.7 Å². The molecule has 1 saturated heterocycles. The summed E-state index contributed by atoms with van der Waals surface area (Å²) in [5.74, 6) is 1.94. The standard InChI is InChI=1S/C22H31N5O3/c1-25-22(29)27(18-7-5-6-8-18)20(24-25)17-11-14-26(15-12-17)21(28)23-13-16-30-19-9-3-2-4-10-19/h2-4,9-10,17-18H,5-8,11-16H2,1H3,(H,23,28).